The number of thioether (sulfide) groups is 1. The lowest BCUT2D eigenvalue weighted by Gasteiger charge is -2.39. The van der Waals surface area contributed by atoms with Crippen LogP contribution in [0.1, 0.15) is 18.4 Å². The van der Waals surface area contributed by atoms with Crippen molar-refractivity contribution in [3.05, 3.63) is 22.8 Å². The van der Waals surface area contributed by atoms with Crippen LogP contribution in [0.3, 0.4) is 0 Å². The zero-order valence-electron chi connectivity index (χ0n) is 11.4. The molecule has 1 aromatic heterocycles. The predicted octanol–water partition coefficient (Wildman–Crippen LogP) is 2.91. The van der Waals surface area contributed by atoms with Gasteiger partial charge >= 0.3 is 6.18 Å². The fourth-order valence-corrected chi connectivity index (χ4v) is 4.12. The molecule has 0 aliphatic carbocycles. The number of carbonyl (C=O) groups is 1. The van der Waals surface area contributed by atoms with Crippen molar-refractivity contribution >= 4 is 35.1 Å². The van der Waals surface area contributed by atoms with Crippen molar-refractivity contribution in [3.8, 4) is 0 Å². The molecule has 0 bridgehead atoms. The third-order valence-electron chi connectivity index (χ3n) is 3.87. The van der Waals surface area contributed by atoms with Gasteiger partial charge in [-0.15, -0.1) is 11.8 Å². The largest absolute Gasteiger partial charge is 0.417 e. The Kier molecular flexibility index (Phi) is 3.92. The average Bonchev–Trinajstić information content (AvgIpc) is 2.80. The quantitative estimate of drug-likeness (QED) is 0.845. The van der Waals surface area contributed by atoms with Gasteiger partial charge in [0.05, 0.1) is 21.2 Å². The molecule has 2 aliphatic rings. The Balaban J connectivity index is 1.73. The van der Waals surface area contributed by atoms with E-state index in [1.54, 1.807) is 11.8 Å². The Morgan fingerprint density at radius 2 is 2.05 bits per heavy atom. The number of alkyl halides is 3. The SMILES string of the molecule is O=C1CSC2(CCN(c3ncc(C(F)(F)F)cc3Cl)CC2)N1. The molecular weight excluding hydrogens is 339 g/mol. The topological polar surface area (TPSA) is 45.2 Å². The second-order valence-corrected chi connectivity index (χ2v) is 7.11. The number of anilines is 1. The summed E-state index contributed by atoms with van der Waals surface area (Å²) in [6.45, 7) is 1.18. The first kappa shape index (κ1) is 15.7. The van der Waals surface area contributed by atoms with Crippen LogP contribution >= 0.6 is 23.4 Å². The normalized spacial score (nSPS) is 21.3. The molecule has 0 aromatic carbocycles. The highest BCUT2D eigenvalue weighted by Crippen LogP contribution is 2.40. The van der Waals surface area contributed by atoms with E-state index in [9.17, 15) is 18.0 Å². The molecule has 2 saturated heterocycles. The number of halogens is 4. The fourth-order valence-electron chi connectivity index (χ4n) is 2.70. The molecule has 2 fully saturated rings. The molecule has 9 heteroatoms. The number of pyridine rings is 1. The van der Waals surface area contributed by atoms with E-state index in [4.69, 9.17) is 11.6 Å². The van der Waals surface area contributed by atoms with E-state index >= 15 is 0 Å². The number of piperidine rings is 1. The lowest BCUT2D eigenvalue weighted by Crippen LogP contribution is -2.49. The van der Waals surface area contributed by atoms with E-state index in [0.717, 1.165) is 12.3 Å². The number of hydrogen-bond acceptors (Lipinski definition) is 4. The number of amides is 1. The molecule has 4 nitrogen and oxygen atoms in total. The van der Waals surface area contributed by atoms with E-state index < -0.39 is 11.7 Å². The van der Waals surface area contributed by atoms with E-state index in [2.05, 4.69) is 10.3 Å². The zero-order chi connectivity index (χ0) is 16.0. The van der Waals surface area contributed by atoms with E-state index in [-0.39, 0.29) is 15.8 Å². The fraction of sp³-hybridized carbons (Fsp3) is 0.538. The first-order chi connectivity index (χ1) is 10.3. The second kappa shape index (κ2) is 5.49. The summed E-state index contributed by atoms with van der Waals surface area (Å²) in [5, 5.41) is 2.97. The molecule has 2 aliphatic heterocycles. The van der Waals surface area contributed by atoms with Crippen molar-refractivity contribution < 1.29 is 18.0 Å². The van der Waals surface area contributed by atoms with E-state index in [0.29, 0.717) is 37.5 Å². The minimum atomic E-state index is -4.45. The highest BCUT2D eigenvalue weighted by Gasteiger charge is 2.41. The van der Waals surface area contributed by atoms with Gasteiger partial charge in [0.1, 0.15) is 5.82 Å². The lowest BCUT2D eigenvalue weighted by molar-refractivity contribution is -0.137. The zero-order valence-corrected chi connectivity index (χ0v) is 13.0. The van der Waals surface area contributed by atoms with Crippen molar-refractivity contribution in [2.45, 2.75) is 23.9 Å². The molecule has 0 radical (unpaired) electrons. The maximum Gasteiger partial charge on any atom is 0.417 e. The third kappa shape index (κ3) is 2.99. The summed E-state index contributed by atoms with van der Waals surface area (Å²) < 4.78 is 37.9. The molecule has 1 amide bonds. The van der Waals surface area contributed by atoms with Gasteiger partial charge in [0, 0.05) is 19.3 Å². The number of carbonyl (C=O) groups excluding carboxylic acids is 1. The van der Waals surface area contributed by atoms with Crippen LogP contribution < -0.4 is 10.2 Å². The molecule has 120 valence electrons. The van der Waals surface area contributed by atoms with Crippen LogP contribution in [0.2, 0.25) is 5.02 Å². The van der Waals surface area contributed by atoms with Gasteiger partial charge in [-0.25, -0.2) is 4.98 Å². The summed E-state index contributed by atoms with van der Waals surface area (Å²) in [7, 11) is 0. The highest BCUT2D eigenvalue weighted by molar-refractivity contribution is 8.01. The number of rotatable bonds is 1. The van der Waals surface area contributed by atoms with E-state index in [1.165, 1.54) is 0 Å². The van der Waals surface area contributed by atoms with Crippen molar-refractivity contribution in [2.24, 2.45) is 0 Å². The van der Waals surface area contributed by atoms with Gasteiger partial charge in [-0.3, -0.25) is 4.79 Å². The molecule has 1 spiro atoms. The molecule has 0 saturated carbocycles. The van der Waals surface area contributed by atoms with Crippen LogP contribution in [0.5, 0.6) is 0 Å². The third-order valence-corrected chi connectivity index (χ3v) is 5.61. The first-order valence-electron chi connectivity index (χ1n) is 6.72. The Bertz CT molecular complexity index is 603. The summed E-state index contributed by atoms with van der Waals surface area (Å²) >= 11 is 7.56. The Labute approximate surface area is 134 Å². The Morgan fingerprint density at radius 1 is 1.36 bits per heavy atom. The summed E-state index contributed by atoms with van der Waals surface area (Å²) in [4.78, 5) is 16.9. The van der Waals surface area contributed by atoms with Gasteiger partial charge < -0.3 is 10.2 Å². The predicted molar refractivity (Wildman–Crippen MR) is 79.0 cm³/mol. The van der Waals surface area contributed by atoms with Gasteiger partial charge in [0.15, 0.2) is 0 Å². The highest BCUT2D eigenvalue weighted by atomic mass is 35.5. The number of nitrogens with zero attached hydrogens (tertiary/aromatic N) is 2. The van der Waals surface area contributed by atoms with E-state index in [1.807, 2.05) is 4.90 Å². The van der Waals surface area contributed by atoms with Crippen molar-refractivity contribution in [1.82, 2.24) is 10.3 Å². The van der Waals surface area contributed by atoms with Crippen molar-refractivity contribution in [1.29, 1.82) is 0 Å². The average molecular weight is 352 g/mol. The molecule has 1 aromatic rings. The monoisotopic (exact) mass is 351 g/mol. The lowest BCUT2D eigenvalue weighted by atomic mass is 10.0. The van der Waals surface area contributed by atoms with Gasteiger partial charge in [0.2, 0.25) is 5.91 Å². The maximum absolute atomic E-state index is 12.6. The summed E-state index contributed by atoms with van der Waals surface area (Å²) in [6, 6.07) is 0.903. The van der Waals surface area contributed by atoms with Crippen LogP contribution in [-0.4, -0.2) is 34.6 Å². The molecular formula is C13H13ClF3N3OS. The molecule has 1 N–H and O–H groups in total. The molecule has 22 heavy (non-hydrogen) atoms. The van der Waals surface area contributed by atoms with Gasteiger partial charge in [0.25, 0.3) is 0 Å². The second-order valence-electron chi connectivity index (χ2n) is 5.35. The van der Waals surface area contributed by atoms with Gasteiger partial charge in [-0.2, -0.15) is 13.2 Å². The Hall–Kier alpha value is -1.15. The maximum atomic E-state index is 12.6. The summed E-state index contributed by atoms with van der Waals surface area (Å²) in [6.07, 6.45) is -2.23. The van der Waals surface area contributed by atoms with Crippen molar-refractivity contribution in [3.63, 3.8) is 0 Å². The van der Waals surface area contributed by atoms with Crippen molar-refractivity contribution in [2.75, 3.05) is 23.7 Å². The summed E-state index contributed by atoms with van der Waals surface area (Å²) in [5.41, 5.74) is -0.853. The Morgan fingerprint density at radius 3 is 2.55 bits per heavy atom. The number of hydrogen-bond donors (Lipinski definition) is 1. The molecule has 0 unspecified atom stereocenters. The van der Waals surface area contributed by atoms with Crippen LogP contribution in [0.4, 0.5) is 19.0 Å². The molecule has 0 atom stereocenters. The molecule has 3 heterocycles. The molecule has 3 rings (SSSR count). The van der Waals surface area contributed by atoms with Crippen LogP contribution in [0.15, 0.2) is 12.3 Å². The minimum absolute atomic E-state index is 0.00566. The van der Waals surface area contributed by atoms with Crippen LogP contribution in [-0.2, 0) is 11.0 Å². The van der Waals surface area contributed by atoms with Gasteiger partial charge in [-0.1, -0.05) is 11.6 Å². The first-order valence-corrected chi connectivity index (χ1v) is 8.08. The summed E-state index contributed by atoms with van der Waals surface area (Å²) in [5.74, 6) is 0.849. The number of aromatic nitrogens is 1. The standard InChI is InChI=1S/C13H13ClF3N3OS/c14-9-5-8(13(15,16)17)6-18-11(9)20-3-1-12(2-4-20)19-10(21)7-22-12/h5-6H,1-4,7H2,(H,19,21). The minimum Gasteiger partial charge on any atom is -0.355 e. The smallest absolute Gasteiger partial charge is 0.355 e. The van der Waals surface area contributed by atoms with Crippen LogP contribution in [0, 0.1) is 0 Å². The van der Waals surface area contributed by atoms with Gasteiger partial charge in [-0.05, 0) is 18.9 Å². The van der Waals surface area contributed by atoms with Crippen LogP contribution in [0.25, 0.3) is 0 Å². The number of nitrogens with one attached hydrogen (secondary N) is 1.